The van der Waals surface area contributed by atoms with E-state index in [0.29, 0.717) is 0 Å². The summed E-state index contributed by atoms with van der Waals surface area (Å²) in [6.07, 6.45) is -2.27. The molecule has 0 bridgehead atoms. The van der Waals surface area contributed by atoms with Crippen molar-refractivity contribution in [1.29, 1.82) is 0 Å². The Morgan fingerprint density at radius 3 is 2.94 bits per heavy atom. The molecule has 1 aromatic heterocycles. The van der Waals surface area contributed by atoms with E-state index in [0.717, 1.165) is 11.3 Å². The number of hydrogen-bond donors (Lipinski definition) is 2. The Balaban J connectivity index is 2.74. The van der Waals surface area contributed by atoms with E-state index in [-0.39, 0.29) is 23.2 Å². The van der Waals surface area contributed by atoms with Crippen molar-refractivity contribution in [3.05, 3.63) is 16.1 Å². The van der Waals surface area contributed by atoms with Crippen molar-refractivity contribution in [1.82, 2.24) is 4.98 Å². The molecular weight excluding hydrogens is 254 g/mol. The molecule has 2 unspecified atom stereocenters. The maximum Gasteiger partial charge on any atom is 0.357 e. The highest BCUT2D eigenvalue weighted by atomic mass is 35.5. The van der Waals surface area contributed by atoms with Gasteiger partial charge in [-0.1, -0.05) is 0 Å². The summed E-state index contributed by atoms with van der Waals surface area (Å²) in [7, 11) is 0. The Morgan fingerprint density at radius 2 is 2.38 bits per heavy atom. The van der Waals surface area contributed by atoms with Gasteiger partial charge in [-0.25, -0.2) is 9.78 Å². The molecule has 1 heterocycles. The molecule has 0 amide bonds. The van der Waals surface area contributed by atoms with Crippen LogP contribution in [0, 0.1) is 0 Å². The van der Waals surface area contributed by atoms with Gasteiger partial charge in [0.05, 0.1) is 18.6 Å². The van der Waals surface area contributed by atoms with Crippen molar-refractivity contribution in [2.45, 2.75) is 19.1 Å². The van der Waals surface area contributed by atoms with Crippen LogP contribution in [0.2, 0.25) is 0 Å². The van der Waals surface area contributed by atoms with Gasteiger partial charge in [0.2, 0.25) is 0 Å². The van der Waals surface area contributed by atoms with Crippen molar-refractivity contribution in [3.8, 4) is 0 Å². The number of ether oxygens (including phenoxy) is 1. The lowest BCUT2D eigenvalue weighted by Crippen LogP contribution is -2.19. The highest BCUT2D eigenvalue weighted by Gasteiger charge is 2.22. The van der Waals surface area contributed by atoms with Gasteiger partial charge < -0.3 is 14.9 Å². The molecule has 1 aromatic rings. The van der Waals surface area contributed by atoms with E-state index in [9.17, 15) is 15.0 Å². The van der Waals surface area contributed by atoms with E-state index in [2.05, 4.69) is 4.98 Å². The second-order valence-corrected chi connectivity index (χ2v) is 4.16. The van der Waals surface area contributed by atoms with Crippen molar-refractivity contribution in [2.75, 3.05) is 12.5 Å². The Morgan fingerprint density at radius 1 is 1.69 bits per heavy atom. The standard InChI is InChI=1S/C9H12ClNO4S/c1-2-15-9(14)5-4-16-8(11-5)7(13)6(12)3-10/h4,6-7,12-13H,2-3H2,1H3. The van der Waals surface area contributed by atoms with Gasteiger partial charge in [-0.3, -0.25) is 0 Å². The van der Waals surface area contributed by atoms with Crippen LogP contribution < -0.4 is 0 Å². The molecule has 2 N–H and O–H groups in total. The number of thiazole rings is 1. The zero-order valence-corrected chi connectivity index (χ0v) is 10.2. The van der Waals surface area contributed by atoms with E-state index < -0.39 is 18.2 Å². The number of halogens is 1. The van der Waals surface area contributed by atoms with E-state index in [1.165, 1.54) is 5.38 Å². The quantitative estimate of drug-likeness (QED) is 0.612. The monoisotopic (exact) mass is 265 g/mol. The van der Waals surface area contributed by atoms with Gasteiger partial charge >= 0.3 is 5.97 Å². The molecule has 0 aromatic carbocycles. The molecule has 0 saturated carbocycles. The number of alkyl halides is 1. The van der Waals surface area contributed by atoms with Crippen LogP contribution in [0.25, 0.3) is 0 Å². The van der Waals surface area contributed by atoms with Crippen molar-refractivity contribution in [2.24, 2.45) is 0 Å². The maximum atomic E-state index is 11.3. The fourth-order valence-electron chi connectivity index (χ4n) is 0.971. The average molecular weight is 266 g/mol. The minimum absolute atomic E-state index is 0.102. The molecule has 0 fully saturated rings. The normalized spacial score (nSPS) is 14.5. The topological polar surface area (TPSA) is 79.7 Å². The van der Waals surface area contributed by atoms with Crippen LogP contribution in [0.1, 0.15) is 28.5 Å². The summed E-state index contributed by atoms with van der Waals surface area (Å²) < 4.78 is 4.74. The summed E-state index contributed by atoms with van der Waals surface area (Å²) in [4.78, 5) is 15.1. The van der Waals surface area contributed by atoms with Gasteiger partial charge in [-0.05, 0) is 6.92 Å². The molecule has 16 heavy (non-hydrogen) atoms. The second kappa shape index (κ2) is 6.15. The molecule has 1 rings (SSSR count). The largest absolute Gasteiger partial charge is 0.461 e. The lowest BCUT2D eigenvalue weighted by molar-refractivity contribution is 0.0321. The molecule has 5 nitrogen and oxygen atoms in total. The smallest absolute Gasteiger partial charge is 0.357 e. The minimum Gasteiger partial charge on any atom is -0.461 e. The maximum absolute atomic E-state index is 11.3. The third kappa shape index (κ3) is 3.15. The van der Waals surface area contributed by atoms with E-state index in [4.69, 9.17) is 16.3 Å². The Hall–Kier alpha value is -0.690. The molecule has 0 aliphatic rings. The Labute approximate surface area is 102 Å². The number of aromatic nitrogens is 1. The van der Waals surface area contributed by atoms with E-state index in [1.54, 1.807) is 6.92 Å². The number of aliphatic hydroxyl groups is 2. The number of nitrogens with zero attached hydrogens (tertiary/aromatic N) is 1. The summed E-state index contributed by atoms with van der Waals surface area (Å²) in [5, 5.41) is 20.6. The zero-order valence-electron chi connectivity index (χ0n) is 8.59. The summed E-state index contributed by atoms with van der Waals surface area (Å²) in [5.74, 6) is -0.646. The summed E-state index contributed by atoms with van der Waals surface area (Å²) >= 11 is 6.47. The lowest BCUT2D eigenvalue weighted by atomic mass is 10.2. The fourth-order valence-corrected chi connectivity index (χ4v) is 1.97. The van der Waals surface area contributed by atoms with E-state index in [1.807, 2.05) is 0 Å². The van der Waals surface area contributed by atoms with Gasteiger partial charge in [-0.15, -0.1) is 22.9 Å². The fraction of sp³-hybridized carbons (Fsp3) is 0.556. The van der Waals surface area contributed by atoms with Crippen molar-refractivity contribution < 1.29 is 19.7 Å². The van der Waals surface area contributed by atoms with Crippen molar-refractivity contribution in [3.63, 3.8) is 0 Å². The minimum atomic E-state index is -1.18. The van der Waals surface area contributed by atoms with Crippen LogP contribution >= 0.6 is 22.9 Å². The van der Waals surface area contributed by atoms with Crippen LogP contribution in [-0.2, 0) is 4.74 Å². The number of rotatable bonds is 5. The predicted molar refractivity (Wildman–Crippen MR) is 59.8 cm³/mol. The second-order valence-electron chi connectivity index (χ2n) is 2.96. The van der Waals surface area contributed by atoms with Gasteiger partial charge in [0, 0.05) is 5.38 Å². The summed E-state index contributed by atoms with van der Waals surface area (Å²) in [6, 6.07) is 0. The summed E-state index contributed by atoms with van der Waals surface area (Å²) in [5.41, 5.74) is 0.127. The molecule has 0 aliphatic heterocycles. The SMILES string of the molecule is CCOC(=O)c1csc(C(O)C(O)CCl)n1. The number of aliphatic hydroxyl groups excluding tert-OH is 2. The zero-order chi connectivity index (χ0) is 12.1. The molecule has 0 aliphatic carbocycles. The van der Waals surface area contributed by atoms with Crippen LogP contribution in [0.4, 0.5) is 0 Å². The van der Waals surface area contributed by atoms with Crippen LogP contribution in [0.5, 0.6) is 0 Å². The van der Waals surface area contributed by atoms with Crippen LogP contribution in [0.15, 0.2) is 5.38 Å². The molecule has 0 radical (unpaired) electrons. The molecule has 0 saturated heterocycles. The summed E-state index contributed by atoms with van der Waals surface area (Å²) in [6.45, 7) is 1.95. The van der Waals surface area contributed by atoms with Crippen LogP contribution in [-0.4, -0.2) is 39.8 Å². The Kier molecular flexibility index (Phi) is 5.14. The Bertz CT molecular complexity index is 357. The molecule has 7 heteroatoms. The van der Waals surface area contributed by atoms with Crippen molar-refractivity contribution >= 4 is 28.9 Å². The van der Waals surface area contributed by atoms with Gasteiger partial charge in [0.15, 0.2) is 5.69 Å². The third-order valence-corrected chi connectivity index (χ3v) is 3.01. The first kappa shape index (κ1) is 13.4. The number of carbonyl (C=O) groups is 1. The third-order valence-electron chi connectivity index (χ3n) is 1.78. The lowest BCUT2D eigenvalue weighted by Gasteiger charge is -2.11. The number of hydrogen-bond acceptors (Lipinski definition) is 6. The predicted octanol–water partition coefficient (Wildman–Crippen LogP) is 0.953. The molecule has 0 spiro atoms. The highest BCUT2D eigenvalue weighted by molar-refractivity contribution is 7.09. The first-order chi connectivity index (χ1) is 7.60. The van der Waals surface area contributed by atoms with Gasteiger partial charge in [0.1, 0.15) is 11.1 Å². The first-order valence-electron chi connectivity index (χ1n) is 4.64. The average Bonchev–Trinajstić information content (AvgIpc) is 2.76. The first-order valence-corrected chi connectivity index (χ1v) is 6.06. The van der Waals surface area contributed by atoms with Gasteiger partial charge in [-0.2, -0.15) is 0 Å². The molecule has 90 valence electrons. The number of esters is 1. The van der Waals surface area contributed by atoms with Crippen LogP contribution in [0.3, 0.4) is 0 Å². The highest BCUT2D eigenvalue weighted by Crippen LogP contribution is 2.22. The number of carbonyl (C=O) groups excluding carboxylic acids is 1. The molecular formula is C9H12ClNO4S. The van der Waals surface area contributed by atoms with Gasteiger partial charge in [0.25, 0.3) is 0 Å². The van der Waals surface area contributed by atoms with E-state index >= 15 is 0 Å². The molecule has 2 atom stereocenters.